The van der Waals surface area contributed by atoms with Crippen molar-refractivity contribution in [2.75, 3.05) is 24.7 Å². The molecule has 0 aliphatic rings. The van der Waals surface area contributed by atoms with Crippen LogP contribution in [0.2, 0.25) is 0 Å². The zero-order chi connectivity index (χ0) is 31.2. The highest BCUT2D eigenvalue weighted by molar-refractivity contribution is 7.97. The minimum absolute atomic E-state index is 0.245. The van der Waals surface area contributed by atoms with Crippen molar-refractivity contribution in [1.82, 2.24) is 0 Å². The third kappa shape index (κ3) is 13.1. The molecule has 226 valence electrons. The molecule has 0 radical (unpaired) electrons. The molecule has 0 aliphatic carbocycles. The van der Waals surface area contributed by atoms with Gasteiger partial charge >= 0.3 is 6.18 Å². The number of nitrogens with zero attached hydrogens (tertiary/aromatic N) is 1. The Bertz CT molecular complexity index is 1320. The van der Waals surface area contributed by atoms with E-state index in [1.807, 2.05) is 12.1 Å². The second kappa shape index (κ2) is 13.4. The van der Waals surface area contributed by atoms with Gasteiger partial charge in [0.1, 0.15) is 38.6 Å². The largest absolute Gasteiger partial charge is 0.748 e. The van der Waals surface area contributed by atoms with Gasteiger partial charge in [-0.25, -0.2) is 8.42 Å². The van der Waals surface area contributed by atoms with Crippen molar-refractivity contribution in [3.63, 3.8) is 0 Å². The van der Waals surface area contributed by atoms with Crippen LogP contribution in [0.15, 0.2) is 87.5 Å². The molecule has 0 spiro atoms. The minimum Gasteiger partial charge on any atom is -0.748 e. The molecule has 0 aliphatic heterocycles. The lowest BCUT2D eigenvalue weighted by atomic mass is 10.2. The normalized spacial score (nSPS) is 12.4. The average Bonchev–Trinajstić information content (AvgIpc) is 2.76. The van der Waals surface area contributed by atoms with Crippen LogP contribution in [0.25, 0.3) is 0 Å². The third-order valence-electron chi connectivity index (χ3n) is 4.86. The van der Waals surface area contributed by atoms with E-state index in [9.17, 15) is 26.1 Å². The molecule has 41 heavy (non-hydrogen) atoms. The van der Waals surface area contributed by atoms with Crippen molar-refractivity contribution in [1.29, 1.82) is 0 Å². The molecule has 0 saturated carbocycles. The van der Waals surface area contributed by atoms with Gasteiger partial charge in [-0.1, -0.05) is 12.1 Å². The molecule has 0 heterocycles. The summed E-state index contributed by atoms with van der Waals surface area (Å²) in [5, 5.41) is 0. The summed E-state index contributed by atoms with van der Waals surface area (Å²) in [5.74, 6) is -0.515. The monoisotopic (exact) mass is 613 g/mol. The fourth-order valence-corrected chi connectivity index (χ4v) is 6.05. The first-order chi connectivity index (χ1) is 18.6. The van der Waals surface area contributed by atoms with Crippen LogP contribution >= 0.6 is 0 Å². The number of anilines is 1. The van der Waals surface area contributed by atoms with Crippen molar-refractivity contribution in [3.05, 3.63) is 72.8 Å². The molecule has 6 nitrogen and oxygen atoms in total. The molecule has 0 saturated heterocycles. The first-order valence-electron chi connectivity index (χ1n) is 12.7. The minimum atomic E-state index is -5.16. The number of hydrogen-bond donors (Lipinski definition) is 0. The Morgan fingerprint density at radius 1 is 0.732 bits per heavy atom. The summed E-state index contributed by atoms with van der Waals surface area (Å²) in [6, 6.07) is 25.8. The van der Waals surface area contributed by atoms with E-state index in [2.05, 4.69) is 121 Å². The SMILES string of the molecule is CN(C)c1ccc([S+](c2cccc(OC(C)(C)C)c2)c2cccc(OC(C)(C)C)c2)cc1.O=S(=O)([O-])CC(F)(F)F. The first-order valence-corrected chi connectivity index (χ1v) is 15.5. The van der Waals surface area contributed by atoms with Crippen LogP contribution in [-0.2, 0) is 21.0 Å². The van der Waals surface area contributed by atoms with Crippen molar-refractivity contribution in [2.24, 2.45) is 0 Å². The second-order valence-corrected chi connectivity index (χ2v) is 14.8. The first kappa shape index (κ1) is 34.3. The van der Waals surface area contributed by atoms with Crippen LogP contribution in [0.3, 0.4) is 0 Å². The Morgan fingerprint density at radius 2 is 1.15 bits per heavy atom. The van der Waals surface area contributed by atoms with Gasteiger partial charge in [-0.3, -0.25) is 0 Å². The number of hydrogen-bond acceptors (Lipinski definition) is 6. The number of halogens is 3. The van der Waals surface area contributed by atoms with E-state index in [1.165, 1.54) is 20.4 Å². The van der Waals surface area contributed by atoms with Crippen molar-refractivity contribution in [3.8, 4) is 11.5 Å². The third-order valence-corrected chi connectivity index (χ3v) is 7.73. The Balaban J connectivity index is 0.000000564. The summed E-state index contributed by atoms with van der Waals surface area (Å²) >= 11 is 0. The van der Waals surface area contributed by atoms with Gasteiger partial charge in [0.2, 0.25) is 0 Å². The van der Waals surface area contributed by atoms with Crippen LogP contribution in [0, 0.1) is 0 Å². The number of ether oxygens (including phenoxy) is 2. The highest BCUT2D eigenvalue weighted by Crippen LogP contribution is 2.36. The van der Waals surface area contributed by atoms with Gasteiger partial charge in [0, 0.05) is 31.9 Å². The maximum Gasteiger partial charge on any atom is 0.401 e. The van der Waals surface area contributed by atoms with Crippen molar-refractivity contribution < 1.29 is 35.6 Å². The molecule has 0 aromatic heterocycles. The van der Waals surface area contributed by atoms with Crippen LogP contribution in [-0.4, -0.2) is 50.2 Å². The molecule has 3 rings (SSSR count). The van der Waals surface area contributed by atoms with E-state index in [0.29, 0.717) is 0 Å². The molecule has 11 heteroatoms. The van der Waals surface area contributed by atoms with Gasteiger partial charge in [-0.15, -0.1) is 0 Å². The van der Waals surface area contributed by atoms with E-state index in [0.717, 1.165) is 11.5 Å². The predicted octanol–water partition coefficient (Wildman–Crippen LogP) is 7.30. The lowest BCUT2D eigenvalue weighted by Crippen LogP contribution is -2.23. The molecule has 0 amide bonds. The second-order valence-electron chi connectivity index (χ2n) is 11.4. The Labute approximate surface area is 244 Å². The van der Waals surface area contributed by atoms with Crippen LogP contribution < -0.4 is 14.4 Å². The van der Waals surface area contributed by atoms with Gasteiger partial charge < -0.3 is 18.9 Å². The quantitative estimate of drug-likeness (QED) is 0.206. The van der Waals surface area contributed by atoms with Crippen molar-refractivity contribution >= 4 is 26.7 Å². The summed E-state index contributed by atoms with van der Waals surface area (Å²) in [4.78, 5) is 5.82. The average molecular weight is 614 g/mol. The Morgan fingerprint density at radius 3 is 1.44 bits per heavy atom. The Hall–Kier alpha value is -2.89. The maximum absolute atomic E-state index is 11.0. The summed E-state index contributed by atoms with van der Waals surface area (Å²) in [6.45, 7) is 12.5. The lowest BCUT2D eigenvalue weighted by molar-refractivity contribution is -0.107. The molecular formula is C30H38F3NO5S2. The molecule has 0 unspecified atom stereocenters. The van der Waals surface area contributed by atoms with E-state index in [1.54, 1.807) is 0 Å². The van der Waals surface area contributed by atoms with E-state index in [4.69, 9.17) is 9.47 Å². The summed E-state index contributed by atoms with van der Waals surface area (Å²) in [6.07, 6.45) is -4.92. The van der Waals surface area contributed by atoms with Gasteiger partial charge in [0.25, 0.3) is 0 Å². The van der Waals surface area contributed by atoms with E-state index < -0.39 is 22.0 Å². The fourth-order valence-electron chi connectivity index (χ4n) is 3.53. The Kier molecular flexibility index (Phi) is 11.2. The number of rotatable bonds is 7. The highest BCUT2D eigenvalue weighted by Gasteiger charge is 2.31. The zero-order valence-corrected chi connectivity index (χ0v) is 26.2. The molecule has 0 atom stereocenters. The maximum atomic E-state index is 11.0. The summed E-state index contributed by atoms with van der Waals surface area (Å²) < 4.78 is 73.4. The standard InChI is InChI=1S/C28H36NO2S.C2H3F3O3S/c1-27(2,3)30-22-11-9-13-25(19-22)32(24-17-15-21(16-18-24)29(7)8)26-14-10-12-23(20-26)31-28(4,5)6;3-2(4,5)1-9(6,7)8/h9-20H,1-8H3;1H2,(H,6,7,8)/q+1;/p-1. The smallest absolute Gasteiger partial charge is 0.401 e. The molecule has 0 fully saturated rings. The summed E-state index contributed by atoms with van der Waals surface area (Å²) in [5.41, 5.74) is 0.697. The zero-order valence-electron chi connectivity index (χ0n) is 24.6. The molecule has 3 aromatic carbocycles. The van der Waals surface area contributed by atoms with Gasteiger partial charge in [0.15, 0.2) is 14.7 Å². The van der Waals surface area contributed by atoms with Gasteiger partial charge in [-0.05, 0) is 90.1 Å². The molecule has 0 N–H and O–H groups in total. The summed E-state index contributed by atoms with van der Waals surface area (Å²) in [7, 11) is -1.32. The van der Waals surface area contributed by atoms with Crippen molar-refractivity contribution in [2.45, 2.75) is 73.6 Å². The van der Waals surface area contributed by atoms with Crippen LogP contribution in [0.5, 0.6) is 11.5 Å². The van der Waals surface area contributed by atoms with E-state index >= 15 is 0 Å². The molecule has 0 bridgehead atoms. The predicted molar refractivity (Wildman–Crippen MR) is 157 cm³/mol. The van der Waals surface area contributed by atoms with E-state index in [-0.39, 0.29) is 22.1 Å². The molecule has 3 aromatic rings. The number of benzene rings is 3. The number of alkyl halides is 3. The highest BCUT2D eigenvalue weighted by atomic mass is 32.2. The van der Waals surface area contributed by atoms with Crippen LogP contribution in [0.4, 0.5) is 18.9 Å². The topological polar surface area (TPSA) is 78.9 Å². The lowest BCUT2D eigenvalue weighted by Gasteiger charge is -2.22. The molecular weight excluding hydrogens is 575 g/mol. The fraction of sp³-hybridized carbons (Fsp3) is 0.400. The van der Waals surface area contributed by atoms with Crippen LogP contribution in [0.1, 0.15) is 41.5 Å². The van der Waals surface area contributed by atoms with Gasteiger partial charge in [-0.2, -0.15) is 13.2 Å². The van der Waals surface area contributed by atoms with Gasteiger partial charge in [0.05, 0.1) is 10.9 Å².